The molecule has 0 bridgehead atoms. The third-order valence-electron chi connectivity index (χ3n) is 1.56. The Morgan fingerprint density at radius 1 is 1.55 bits per heavy atom. The molecule has 56 valence electrons. The van der Waals surface area contributed by atoms with Crippen molar-refractivity contribution in [3.05, 3.63) is 34.4 Å². The third-order valence-corrected chi connectivity index (χ3v) is 1.56. The number of aryl methyl sites for hydroxylation is 1. The summed E-state index contributed by atoms with van der Waals surface area (Å²) in [4.78, 5) is 11.2. The van der Waals surface area contributed by atoms with E-state index >= 15 is 0 Å². The fourth-order valence-corrected chi connectivity index (χ4v) is 1.07. The minimum atomic E-state index is -0.0475. The van der Waals surface area contributed by atoms with E-state index in [9.17, 15) is 4.79 Å². The molecule has 0 amide bonds. The van der Waals surface area contributed by atoms with Gasteiger partial charge in [0.1, 0.15) is 12.0 Å². The Kier molecular flexibility index (Phi) is 1.09. The Labute approximate surface area is 62.5 Å². The van der Waals surface area contributed by atoms with Crippen LogP contribution in [0.4, 0.5) is 0 Å². The van der Waals surface area contributed by atoms with Crippen LogP contribution in [0.1, 0.15) is 5.56 Å². The molecule has 4 nitrogen and oxygen atoms in total. The minimum absolute atomic E-state index is 0.0475. The van der Waals surface area contributed by atoms with Crippen molar-refractivity contribution in [2.24, 2.45) is 0 Å². The molecule has 0 aromatic carbocycles. The maximum absolute atomic E-state index is 11.2. The van der Waals surface area contributed by atoms with Crippen LogP contribution in [-0.2, 0) is 0 Å². The number of rotatable bonds is 0. The van der Waals surface area contributed by atoms with Gasteiger partial charge in [-0.05, 0) is 18.6 Å². The third kappa shape index (κ3) is 0.832. The molecule has 0 atom stereocenters. The summed E-state index contributed by atoms with van der Waals surface area (Å²) in [5.41, 5.74) is 1.63. The van der Waals surface area contributed by atoms with E-state index in [1.54, 1.807) is 6.07 Å². The standard InChI is InChI=1S/C7H7N3O/c1-5-2-6-9-8-4-10(6)7(11)3-5/h2-4,9H,1H3. The van der Waals surface area contributed by atoms with E-state index in [1.807, 2.05) is 13.0 Å². The summed E-state index contributed by atoms with van der Waals surface area (Å²) in [6.45, 7) is 1.88. The second-order valence-corrected chi connectivity index (χ2v) is 2.48. The van der Waals surface area contributed by atoms with Gasteiger partial charge in [0.25, 0.3) is 5.56 Å². The van der Waals surface area contributed by atoms with Gasteiger partial charge in [0.05, 0.1) is 0 Å². The number of hydrogen-bond acceptors (Lipinski definition) is 2. The van der Waals surface area contributed by atoms with Crippen molar-refractivity contribution >= 4 is 5.65 Å². The van der Waals surface area contributed by atoms with Crippen LogP contribution in [0.5, 0.6) is 0 Å². The number of fused-ring (bicyclic) bond motifs is 1. The quantitative estimate of drug-likeness (QED) is 0.586. The molecule has 2 heterocycles. The number of H-pyrrole nitrogens is 1. The van der Waals surface area contributed by atoms with E-state index in [4.69, 9.17) is 0 Å². The molecule has 0 aliphatic carbocycles. The number of aromatic amines is 1. The molecule has 2 aromatic rings. The smallest absolute Gasteiger partial charge is 0.257 e. The number of nitrogens with zero attached hydrogens (tertiary/aromatic N) is 2. The van der Waals surface area contributed by atoms with Gasteiger partial charge in [0.15, 0.2) is 0 Å². The first-order valence-corrected chi connectivity index (χ1v) is 3.30. The minimum Gasteiger partial charge on any atom is -0.269 e. The Morgan fingerprint density at radius 2 is 2.36 bits per heavy atom. The first kappa shape index (κ1) is 6.15. The summed E-state index contributed by atoms with van der Waals surface area (Å²) < 4.78 is 1.47. The highest BCUT2D eigenvalue weighted by molar-refractivity contribution is 5.38. The molecule has 0 unspecified atom stereocenters. The van der Waals surface area contributed by atoms with Crippen molar-refractivity contribution < 1.29 is 0 Å². The van der Waals surface area contributed by atoms with E-state index in [0.29, 0.717) is 0 Å². The highest BCUT2D eigenvalue weighted by Gasteiger charge is 1.96. The summed E-state index contributed by atoms with van der Waals surface area (Å²) >= 11 is 0. The first-order chi connectivity index (χ1) is 5.27. The average molecular weight is 149 g/mol. The van der Waals surface area contributed by atoms with Crippen LogP contribution in [0.2, 0.25) is 0 Å². The van der Waals surface area contributed by atoms with E-state index in [1.165, 1.54) is 10.7 Å². The molecule has 0 radical (unpaired) electrons. The maximum atomic E-state index is 11.2. The lowest BCUT2D eigenvalue weighted by Crippen LogP contribution is -2.09. The molecule has 0 fully saturated rings. The molecular formula is C7H7N3O. The van der Waals surface area contributed by atoms with Gasteiger partial charge in [-0.1, -0.05) is 0 Å². The van der Waals surface area contributed by atoms with Gasteiger partial charge in [-0.15, -0.1) is 0 Å². The molecule has 1 N–H and O–H groups in total. The van der Waals surface area contributed by atoms with Crippen LogP contribution in [-0.4, -0.2) is 14.6 Å². The van der Waals surface area contributed by atoms with Crippen molar-refractivity contribution in [2.45, 2.75) is 6.92 Å². The second kappa shape index (κ2) is 1.95. The molecule has 2 rings (SSSR count). The zero-order valence-electron chi connectivity index (χ0n) is 6.03. The van der Waals surface area contributed by atoms with Gasteiger partial charge in [0, 0.05) is 6.07 Å². The summed E-state index contributed by atoms with van der Waals surface area (Å²) in [6.07, 6.45) is 1.47. The first-order valence-electron chi connectivity index (χ1n) is 3.30. The Bertz CT molecular complexity index is 440. The highest BCUT2D eigenvalue weighted by atomic mass is 16.1. The number of pyridine rings is 1. The monoisotopic (exact) mass is 149 g/mol. The van der Waals surface area contributed by atoms with Gasteiger partial charge >= 0.3 is 0 Å². The molecule has 11 heavy (non-hydrogen) atoms. The van der Waals surface area contributed by atoms with Crippen molar-refractivity contribution in [2.75, 3.05) is 0 Å². The average Bonchev–Trinajstić information content (AvgIpc) is 2.34. The van der Waals surface area contributed by atoms with Gasteiger partial charge in [0.2, 0.25) is 0 Å². The number of hydrogen-bond donors (Lipinski definition) is 1. The topological polar surface area (TPSA) is 50.2 Å². The maximum Gasteiger partial charge on any atom is 0.257 e. The van der Waals surface area contributed by atoms with Crippen molar-refractivity contribution in [3.63, 3.8) is 0 Å². The van der Waals surface area contributed by atoms with Gasteiger partial charge in [-0.3, -0.25) is 9.89 Å². The lowest BCUT2D eigenvalue weighted by Gasteiger charge is -1.91. The fourth-order valence-electron chi connectivity index (χ4n) is 1.07. The highest BCUT2D eigenvalue weighted by Crippen LogP contribution is 1.97. The Balaban J connectivity index is 3.02. The van der Waals surface area contributed by atoms with Gasteiger partial charge in [-0.25, -0.2) is 4.40 Å². The fraction of sp³-hybridized carbons (Fsp3) is 0.143. The predicted octanol–water partition coefficient (Wildman–Crippen LogP) is 0.331. The molecule has 0 saturated heterocycles. The molecular weight excluding hydrogens is 142 g/mol. The van der Waals surface area contributed by atoms with E-state index in [-0.39, 0.29) is 5.56 Å². The summed E-state index contributed by atoms with van der Waals surface area (Å²) in [5.74, 6) is 0. The van der Waals surface area contributed by atoms with Gasteiger partial charge in [-0.2, -0.15) is 5.10 Å². The zero-order chi connectivity index (χ0) is 7.84. The lowest BCUT2D eigenvalue weighted by atomic mass is 10.3. The van der Waals surface area contributed by atoms with Crippen molar-refractivity contribution in [3.8, 4) is 0 Å². The largest absolute Gasteiger partial charge is 0.269 e. The van der Waals surface area contributed by atoms with Crippen LogP contribution >= 0.6 is 0 Å². The predicted molar refractivity (Wildman–Crippen MR) is 40.5 cm³/mol. The van der Waals surface area contributed by atoms with Crippen molar-refractivity contribution in [1.82, 2.24) is 14.6 Å². The molecule has 4 heteroatoms. The van der Waals surface area contributed by atoms with Crippen LogP contribution in [0.25, 0.3) is 5.65 Å². The summed E-state index contributed by atoms with van der Waals surface area (Å²) in [7, 11) is 0. The number of nitrogens with one attached hydrogen (secondary N) is 1. The lowest BCUT2D eigenvalue weighted by molar-refractivity contribution is 1.07. The van der Waals surface area contributed by atoms with Gasteiger partial charge < -0.3 is 0 Å². The molecule has 0 aliphatic heterocycles. The van der Waals surface area contributed by atoms with Crippen LogP contribution in [0, 0.1) is 6.92 Å². The second-order valence-electron chi connectivity index (χ2n) is 2.48. The SMILES string of the molecule is Cc1cc(=O)n2cn[nH]c2c1. The molecule has 2 aromatic heterocycles. The Morgan fingerprint density at radius 3 is 3.18 bits per heavy atom. The molecule has 0 aliphatic rings. The van der Waals surface area contributed by atoms with Crippen LogP contribution < -0.4 is 5.56 Å². The van der Waals surface area contributed by atoms with E-state index in [0.717, 1.165) is 11.2 Å². The summed E-state index contributed by atoms with van der Waals surface area (Å²) in [5, 5.41) is 6.46. The molecule has 0 spiro atoms. The summed E-state index contributed by atoms with van der Waals surface area (Å²) in [6, 6.07) is 3.44. The molecule has 0 saturated carbocycles. The van der Waals surface area contributed by atoms with Crippen LogP contribution in [0.3, 0.4) is 0 Å². The van der Waals surface area contributed by atoms with Crippen molar-refractivity contribution in [1.29, 1.82) is 0 Å². The zero-order valence-corrected chi connectivity index (χ0v) is 6.03. The normalized spacial score (nSPS) is 10.6. The van der Waals surface area contributed by atoms with E-state index in [2.05, 4.69) is 10.2 Å². The number of aromatic nitrogens is 3. The van der Waals surface area contributed by atoms with E-state index < -0.39 is 0 Å². The Hall–Kier alpha value is -1.58. The van der Waals surface area contributed by atoms with Crippen LogP contribution in [0.15, 0.2) is 23.3 Å².